The first kappa shape index (κ1) is 20.8. The van der Waals surface area contributed by atoms with Crippen molar-refractivity contribution in [3.8, 4) is 0 Å². The summed E-state index contributed by atoms with van der Waals surface area (Å²) in [5.41, 5.74) is 1.43. The molecule has 0 atom stereocenters. The highest BCUT2D eigenvalue weighted by molar-refractivity contribution is 6.35. The summed E-state index contributed by atoms with van der Waals surface area (Å²) in [6.45, 7) is 2.15. The number of hydrogen-bond donors (Lipinski definition) is 4. The highest BCUT2D eigenvalue weighted by Crippen LogP contribution is 2.32. The number of hydrogen-bond acceptors (Lipinski definition) is 5. The zero-order valence-electron chi connectivity index (χ0n) is 16.1. The highest BCUT2D eigenvalue weighted by atomic mass is 35.5. The molecule has 28 heavy (non-hydrogen) atoms. The number of carbonyl (C=O) groups is 1. The Kier molecular flexibility index (Phi) is 7.89. The monoisotopic (exact) mass is 404 g/mol. The Morgan fingerprint density at radius 2 is 1.93 bits per heavy atom. The van der Waals surface area contributed by atoms with Gasteiger partial charge in [0.05, 0.1) is 22.8 Å². The maximum atomic E-state index is 12.5. The predicted octanol–water partition coefficient (Wildman–Crippen LogP) is 3.79. The van der Waals surface area contributed by atoms with Crippen LogP contribution in [-0.2, 0) is 4.79 Å². The van der Waals surface area contributed by atoms with E-state index in [1.54, 1.807) is 6.07 Å². The quantitative estimate of drug-likeness (QED) is 0.478. The van der Waals surface area contributed by atoms with Crippen LogP contribution in [0.2, 0.25) is 5.02 Å². The fraction of sp³-hybridized carbons (Fsp3) is 0.524. The molecule has 1 amide bonds. The molecule has 152 valence electrons. The number of nitrogens with zero attached hydrogens (tertiary/aromatic N) is 1. The van der Waals surface area contributed by atoms with Gasteiger partial charge in [-0.25, -0.2) is 4.98 Å². The second-order valence-electron chi connectivity index (χ2n) is 7.34. The summed E-state index contributed by atoms with van der Waals surface area (Å²) in [5, 5.41) is 19.5. The van der Waals surface area contributed by atoms with E-state index in [1.807, 2.05) is 18.2 Å². The molecule has 0 unspecified atom stereocenters. The number of pyridine rings is 1. The topological polar surface area (TPSA) is 86.3 Å². The fourth-order valence-electron chi connectivity index (χ4n) is 3.73. The van der Waals surface area contributed by atoms with E-state index >= 15 is 0 Å². The van der Waals surface area contributed by atoms with Crippen LogP contribution in [0.15, 0.2) is 24.3 Å². The first-order chi connectivity index (χ1) is 13.7. The molecule has 7 heteroatoms. The number of aliphatic hydroxyl groups excluding tert-OH is 1. The van der Waals surface area contributed by atoms with Gasteiger partial charge in [-0.05, 0) is 43.0 Å². The number of benzene rings is 1. The Morgan fingerprint density at radius 3 is 2.71 bits per heavy atom. The van der Waals surface area contributed by atoms with Crippen LogP contribution in [0.4, 0.5) is 11.5 Å². The molecule has 0 radical (unpaired) electrons. The number of carbonyl (C=O) groups excluding carboxylic acids is 1. The number of amides is 1. The van der Waals surface area contributed by atoms with Crippen molar-refractivity contribution >= 4 is 39.9 Å². The van der Waals surface area contributed by atoms with Crippen LogP contribution in [0.3, 0.4) is 0 Å². The second-order valence-corrected chi connectivity index (χ2v) is 7.75. The molecule has 1 heterocycles. The van der Waals surface area contributed by atoms with Gasteiger partial charge in [-0.1, -0.05) is 30.9 Å². The third-order valence-corrected chi connectivity index (χ3v) is 5.50. The zero-order chi connectivity index (χ0) is 19.8. The van der Waals surface area contributed by atoms with Crippen molar-refractivity contribution in [1.82, 2.24) is 10.3 Å². The minimum absolute atomic E-state index is 0.0264. The molecule has 6 nitrogen and oxygen atoms in total. The van der Waals surface area contributed by atoms with Gasteiger partial charge in [0.25, 0.3) is 0 Å². The number of fused-ring (bicyclic) bond motifs is 1. The van der Waals surface area contributed by atoms with Crippen LogP contribution in [0.1, 0.15) is 38.5 Å². The summed E-state index contributed by atoms with van der Waals surface area (Å²) in [5.74, 6) is 1.27. The van der Waals surface area contributed by atoms with Gasteiger partial charge in [-0.2, -0.15) is 0 Å². The van der Waals surface area contributed by atoms with Crippen molar-refractivity contribution in [2.45, 2.75) is 38.5 Å². The summed E-state index contributed by atoms with van der Waals surface area (Å²) in [6, 6.07) is 7.47. The molecule has 1 aliphatic rings. The molecule has 3 rings (SSSR count). The number of nitrogens with one attached hydrogen (secondary N) is 3. The van der Waals surface area contributed by atoms with Crippen LogP contribution in [-0.4, -0.2) is 42.2 Å². The zero-order valence-corrected chi connectivity index (χ0v) is 16.9. The third kappa shape index (κ3) is 5.80. The van der Waals surface area contributed by atoms with E-state index in [2.05, 4.69) is 20.9 Å². The Balaban J connectivity index is 1.66. The molecule has 0 bridgehead atoms. The van der Waals surface area contributed by atoms with Crippen molar-refractivity contribution in [3.63, 3.8) is 0 Å². The molecular weight excluding hydrogens is 376 g/mol. The van der Waals surface area contributed by atoms with E-state index in [0.29, 0.717) is 36.1 Å². The molecular formula is C21H29ClN4O2. The van der Waals surface area contributed by atoms with Gasteiger partial charge in [0, 0.05) is 31.4 Å². The molecule has 1 aliphatic carbocycles. The minimum Gasteiger partial charge on any atom is -0.395 e. The van der Waals surface area contributed by atoms with E-state index in [9.17, 15) is 4.79 Å². The summed E-state index contributed by atoms with van der Waals surface area (Å²) in [7, 11) is 0. The molecule has 4 N–H and O–H groups in total. The molecule has 1 saturated carbocycles. The van der Waals surface area contributed by atoms with Crippen molar-refractivity contribution in [2.24, 2.45) is 5.92 Å². The standard InChI is InChI=1S/C21H29ClN4O2/c22-17-7-8-18-16(6-9-19(25-18)24-11-10-23-12-13-27)21(17)26-20(28)14-15-4-2-1-3-5-15/h6-9,15,23,27H,1-5,10-14H2,(H,24,25)(H,26,28). The van der Waals surface area contributed by atoms with Gasteiger partial charge >= 0.3 is 0 Å². The van der Waals surface area contributed by atoms with Gasteiger partial charge < -0.3 is 21.1 Å². The van der Waals surface area contributed by atoms with Crippen LogP contribution in [0, 0.1) is 5.92 Å². The predicted molar refractivity (Wildman–Crippen MR) is 115 cm³/mol. The van der Waals surface area contributed by atoms with Crippen LogP contribution < -0.4 is 16.0 Å². The normalized spacial score (nSPS) is 14.9. The smallest absolute Gasteiger partial charge is 0.224 e. The second kappa shape index (κ2) is 10.6. The van der Waals surface area contributed by atoms with E-state index in [0.717, 1.165) is 36.1 Å². The summed E-state index contributed by atoms with van der Waals surface area (Å²) < 4.78 is 0. The molecule has 1 aromatic carbocycles. The first-order valence-electron chi connectivity index (χ1n) is 10.1. The minimum atomic E-state index is 0.0264. The highest BCUT2D eigenvalue weighted by Gasteiger charge is 2.18. The largest absolute Gasteiger partial charge is 0.395 e. The molecule has 0 saturated heterocycles. The number of aliphatic hydroxyl groups is 1. The van der Waals surface area contributed by atoms with E-state index in [1.165, 1.54) is 19.3 Å². The fourth-order valence-corrected chi connectivity index (χ4v) is 3.94. The molecule has 1 fully saturated rings. The number of anilines is 2. The SMILES string of the molecule is O=C(CC1CCCCC1)Nc1c(Cl)ccc2nc(NCCNCCO)ccc12. The lowest BCUT2D eigenvalue weighted by Crippen LogP contribution is -2.25. The van der Waals surface area contributed by atoms with Gasteiger partial charge in [0.15, 0.2) is 0 Å². The average Bonchev–Trinajstić information content (AvgIpc) is 2.71. The van der Waals surface area contributed by atoms with Crippen LogP contribution in [0.25, 0.3) is 10.9 Å². The average molecular weight is 405 g/mol. The van der Waals surface area contributed by atoms with E-state index < -0.39 is 0 Å². The number of aromatic nitrogens is 1. The molecule has 0 spiro atoms. The Labute approximate surface area is 171 Å². The first-order valence-corrected chi connectivity index (χ1v) is 10.5. The third-order valence-electron chi connectivity index (χ3n) is 5.18. The van der Waals surface area contributed by atoms with Gasteiger partial charge in [0.2, 0.25) is 5.91 Å². The van der Waals surface area contributed by atoms with Crippen LogP contribution >= 0.6 is 11.6 Å². The Bertz CT molecular complexity index is 793. The van der Waals surface area contributed by atoms with Crippen molar-refractivity contribution < 1.29 is 9.90 Å². The lowest BCUT2D eigenvalue weighted by molar-refractivity contribution is -0.117. The van der Waals surface area contributed by atoms with Gasteiger partial charge in [-0.3, -0.25) is 4.79 Å². The maximum absolute atomic E-state index is 12.5. The number of halogens is 1. The number of rotatable bonds is 9. The molecule has 2 aromatic rings. The Hall–Kier alpha value is -1.89. The van der Waals surface area contributed by atoms with Crippen molar-refractivity contribution in [2.75, 3.05) is 36.9 Å². The van der Waals surface area contributed by atoms with Gasteiger partial charge in [0.1, 0.15) is 5.82 Å². The van der Waals surface area contributed by atoms with Gasteiger partial charge in [-0.15, -0.1) is 0 Å². The van der Waals surface area contributed by atoms with Crippen LogP contribution in [0.5, 0.6) is 0 Å². The van der Waals surface area contributed by atoms with E-state index in [4.69, 9.17) is 16.7 Å². The lowest BCUT2D eigenvalue weighted by Gasteiger charge is -2.21. The van der Waals surface area contributed by atoms with Crippen molar-refractivity contribution in [3.05, 3.63) is 29.3 Å². The molecule has 0 aliphatic heterocycles. The maximum Gasteiger partial charge on any atom is 0.224 e. The summed E-state index contributed by atoms with van der Waals surface area (Å²) >= 11 is 6.38. The Morgan fingerprint density at radius 1 is 1.11 bits per heavy atom. The molecule has 1 aromatic heterocycles. The summed E-state index contributed by atoms with van der Waals surface area (Å²) in [6.07, 6.45) is 6.57. The van der Waals surface area contributed by atoms with E-state index in [-0.39, 0.29) is 12.5 Å². The van der Waals surface area contributed by atoms with Crippen molar-refractivity contribution in [1.29, 1.82) is 0 Å². The summed E-state index contributed by atoms with van der Waals surface area (Å²) in [4.78, 5) is 17.2. The lowest BCUT2D eigenvalue weighted by atomic mass is 9.87.